The van der Waals surface area contributed by atoms with Crippen LogP contribution in [0.5, 0.6) is 5.75 Å². The molecule has 0 aromatic heterocycles. The van der Waals surface area contributed by atoms with E-state index < -0.39 is 23.6 Å². The number of phenols is 1. The number of hydrogen-bond acceptors (Lipinski definition) is 3. The van der Waals surface area contributed by atoms with Crippen LogP contribution < -0.4 is 5.32 Å². The largest absolute Gasteiger partial charge is 0.508 e. The number of phenolic OH excluding ortho intramolecular Hbond substituents is 1. The molecule has 0 amide bonds. The number of alkyl halides is 3. The molecule has 1 atom stereocenters. The lowest BCUT2D eigenvalue weighted by Gasteiger charge is -2.16. The van der Waals surface area contributed by atoms with Gasteiger partial charge in [0.2, 0.25) is 0 Å². The second-order valence-electron chi connectivity index (χ2n) is 3.46. The molecule has 17 heavy (non-hydrogen) atoms. The van der Waals surface area contributed by atoms with Crippen molar-refractivity contribution in [1.82, 2.24) is 5.32 Å². The van der Waals surface area contributed by atoms with Crippen LogP contribution in [-0.4, -0.2) is 23.8 Å². The van der Waals surface area contributed by atoms with E-state index >= 15 is 0 Å². The van der Waals surface area contributed by atoms with Crippen LogP contribution in [-0.2, 0) is 6.18 Å². The molecule has 7 heteroatoms. The monoisotopic (exact) mass is 313 g/mol. The van der Waals surface area contributed by atoms with Crippen molar-refractivity contribution in [2.45, 2.75) is 12.3 Å². The number of likely N-dealkylation sites (N-methyl/N-ethyl adjacent to an activating group) is 1. The van der Waals surface area contributed by atoms with E-state index in [1.807, 2.05) is 0 Å². The standard InChI is InChI=1S/C10H11BrF3NO2/c1-15-4-8(17)9-6(11)2-5(3-7(9)16)10(12,13)14/h2-3,8,15-17H,4H2,1H3. The Kier molecular flexibility index (Phi) is 4.40. The Balaban J connectivity index is 3.20. The van der Waals surface area contributed by atoms with Gasteiger partial charge in [-0.2, -0.15) is 13.2 Å². The zero-order chi connectivity index (χ0) is 13.2. The molecular weight excluding hydrogens is 303 g/mol. The van der Waals surface area contributed by atoms with Gasteiger partial charge in [0.05, 0.1) is 11.7 Å². The normalized spacial score (nSPS) is 13.8. The molecule has 0 aliphatic rings. The van der Waals surface area contributed by atoms with E-state index in [-0.39, 0.29) is 16.6 Å². The van der Waals surface area contributed by atoms with E-state index in [1.165, 1.54) is 0 Å². The molecule has 1 rings (SSSR count). The third-order valence-electron chi connectivity index (χ3n) is 2.17. The third-order valence-corrected chi connectivity index (χ3v) is 2.82. The van der Waals surface area contributed by atoms with Crippen molar-refractivity contribution in [2.24, 2.45) is 0 Å². The Morgan fingerprint density at radius 1 is 1.41 bits per heavy atom. The molecule has 0 bridgehead atoms. The molecule has 0 aliphatic carbocycles. The van der Waals surface area contributed by atoms with Crippen LogP contribution in [0.4, 0.5) is 13.2 Å². The second-order valence-corrected chi connectivity index (χ2v) is 4.32. The van der Waals surface area contributed by atoms with Gasteiger partial charge >= 0.3 is 6.18 Å². The van der Waals surface area contributed by atoms with Crippen molar-refractivity contribution >= 4 is 15.9 Å². The fourth-order valence-electron chi connectivity index (χ4n) is 1.39. The molecule has 1 aromatic rings. The minimum atomic E-state index is -4.54. The summed E-state index contributed by atoms with van der Waals surface area (Å²) < 4.78 is 37.3. The average molecular weight is 314 g/mol. The zero-order valence-corrected chi connectivity index (χ0v) is 10.4. The molecule has 0 saturated carbocycles. The predicted molar refractivity (Wildman–Crippen MR) is 59.7 cm³/mol. The molecule has 0 radical (unpaired) electrons. The Labute approximate surface area is 104 Å². The first kappa shape index (κ1) is 14.3. The smallest absolute Gasteiger partial charge is 0.416 e. The molecule has 0 spiro atoms. The van der Waals surface area contributed by atoms with Gasteiger partial charge < -0.3 is 15.5 Å². The molecule has 1 unspecified atom stereocenters. The van der Waals surface area contributed by atoms with Gasteiger partial charge in [0, 0.05) is 16.6 Å². The quantitative estimate of drug-likeness (QED) is 0.803. The van der Waals surface area contributed by atoms with Crippen LogP contribution in [0.1, 0.15) is 17.2 Å². The van der Waals surface area contributed by atoms with Crippen LogP contribution in [0.15, 0.2) is 16.6 Å². The van der Waals surface area contributed by atoms with E-state index in [0.29, 0.717) is 6.07 Å². The SMILES string of the molecule is CNCC(O)c1c(O)cc(C(F)(F)F)cc1Br. The summed E-state index contributed by atoms with van der Waals surface area (Å²) in [6, 6.07) is 1.42. The lowest BCUT2D eigenvalue weighted by molar-refractivity contribution is -0.137. The summed E-state index contributed by atoms with van der Waals surface area (Å²) >= 11 is 2.91. The molecular formula is C10H11BrF3NO2. The van der Waals surface area contributed by atoms with Crippen molar-refractivity contribution in [2.75, 3.05) is 13.6 Å². The Hall–Kier alpha value is -0.790. The van der Waals surface area contributed by atoms with Gasteiger partial charge in [-0.05, 0) is 19.2 Å². The molecule has 3 nitrogen and oxygen atoms in total. The molecule has 0 aliphatic heterocycles. The maximum Gasteiger partial charge on any atom is 0.416 e. The van der Waals surface area contributed by atoms with Gasteiger partial charge in [0.1, 0.15) is 5.75 Å². The van der Waals surface area contributed by atoms with E-state index in [0.717, 1.165) is 6.07 Å². The van der Waals surface area contributed by atoms with Crippen molar-refractivity contribution < 1.29 is 23.4 Å². The van der Waals surface area contributed by atoms with Crippen molar-refractivity contribution in [3.05, 3.63) is 27.7 Å². The highest BCUT2D eigenvalue weighted by molar-refractivity contribution is 9.10. The van der Waals surface area contributed by atoms with Crippen molar-refractivity contribution in [1.29, 1.82) is 0 Å². The summed E-state index contributed by atoms with van der Waals surface area (Å²) in [4.78, 5) is 0. The number of aliphatic hydroxyl groups excluding tert-OH is 1. The summed E-state index contributed by atoms with van der Waals surface area (Å²) in [5, 5.41) is 21.8. The highest BCUT2D eigenvalue weighted by atomic mass is 79.9. The van der Waals surface area contributed by atoms with Crippen LogP contribution in [0.3, 0.4) is 0 Å². The fourth-order valence-corrected chi connectivity index (χ4v) is 2.11. The number of benzene rings is 1. The van der Waals surface area contributed by atoms with Crippen molar-refractivity contribution in [3.63, 3.8) is 0 Å². The lowest BCUT2D eigenvalue weighted by Crippen LogP contribution is -2.17. The first-order valence-electron chi connectivity index (χ1n) is 4.69. The summed E-state index contributed by atoms with van der Waals surface area (Å²) in [5.41, 5.74) is -0.936. The number of aromatic hydroxyl groups is 1. The lowest BCUT2D eigenvalue weighted by atomic mass is 10.0. The van der Waals surface area contributed by atoms with Gasteiger partial charge in [0.25, 0.3) is 0 Å². The van der Waals surface area contributed by atoms with Crippen LogP contribution in [0.2, 0.25) is 0 Å². The summed E-state index contributed by atoms with van der Waals surface area (Å²) in [6.07, 6.45) is -5.62. The van der Waals surface area contributed by atoms with E-state index in [2.05, 4.69) is 21.2 Å². The highest BCUT2D eigenvalue weighted by Gasteiger charge is 2.32. The Morgan fingerprint density at radius 2 is 2.00 bits per heavy atom. The summed E-state index contributed by atoms with van der Waals surface area (Å²) in [6.45, 7) is 0.123. The summed E-state index contributed by atoms with van der Waals surface area (Å²) in [5.74, 6) is -0.588. The zero-order valence-electron chi connectivity index (χ0n) is 8.85. The highest BCUT2D eigenvalue weighted by Crippen LogP contribution is 2.38. The van der Waals surface area contributed by atoms with Gasteiger partial charge in [-0.25, -0.2) is 0 Å². The van der Waals surface area contributed by atoms with E-state index in [9.17, 15) is 23.4 Å². The molecule has 96 valence electrons. The van der Waals surface area contributed by atoms with Crippen LogP contribution in [0, 0.1) is 0 Å². The predicted octanol–water partition coefficient (Wildman–Crippen LogP) is 2.43. The van der Waals surface area contributed by atoms with E-state index in [1.54, 1.807) is 7.05 Å². The first-order valence-corrected chi connectivity index (χ1v) is 5.49. The Morgan fingerprint density at radius 3 is 2.41 bits per heavy atom. The first-order chi connectivity index (χ1) is 7.77. The molecule has 1 aromatic carbocycles. The number of hydrogen-bond donors (Lipinski definition) is 3. The van der Waals surface area contributed by atoms with Gasteiger partial charge in [0.15, 0.2) is 0 Å². The second kappa shape index (κ2) is 5.24. The Bertz CT molecular complexity index is 386. The average Bonchev–Trinajstić information content (AvgIpc) is 2.15. The summed E-state index contributed by atoms with van der Waals surface area (Å²) in [7, 11) is 1.58. The number of nitrogens with one attached hydrogen (secondary N) is 1. The van der Waals surface area contributed by atoms with Crippen LogP contribution >= 0.6 is 15.9 Å². The molecule has 0 fully saturated rings. The van der Waals surface area contributed by atoms with Crippen LogP contribution in [0.25, 0.3) is 0 Å². The maximum absolute atomic E-state index is 12.4. The van der Waals surface area contributed by atoms with Gasteiger partial charge in [-0.3, -0.25) is 0 Å². The van der Waals surface area contributed by atoms with E-state index in [4.69, 9.17) is 0 Å². The molecule has 3 N–H and O–H groups in total. The minimum Gasteiger partial charge on any atom is -0.508 e. The minimum absolute atomic E-state index is 0.0209. The fraction of sp³-hybridized carbons (Fsp3) is 0.400. The number of rotatable bonds is 3. The van der Waals surface area contributed by atoms with Crippen molar-refractivity contribution in [3.8, 4) is 5.75 Å². The van der Waals surface area contributed by atoms with Gasteiger partial charge in [-0.15, -0.1) is 0 Å². The molecule has 0 heterocycles. The third kappa shape index (κ3) is 3.34. The van der Waals surface area contributed by atoms with Gasteiger partial charge in [-0.1, -0.05) is 15.9 Å². The number of halogens is 4. The number of aliphatic hydroxyl groups is 1. The molecule has 0 saturated heterocycles. The maximum atomic E-state index is 12.4. The topological polar surface area (TPSA) is 52.5 Å².